The first-order chi connectivity index (χ1) is 5.27. The molecule has 2 aromatic rings. The lowest BCUT2D eigenvalue weighted by molar-refractivity contribution is 1.18. The maximum atomic E-state index is 5.81. The summed E-state index contributed by atoms with van der Waals surface area (Å²) in [4.78, 5) is 4.08. The molecule has 2 nitrogen and oxygen atoms in total. The molecule has 0 aromatic carbocycles. The molecule has 0 spiro atoms. The Balaban J connectivity index is 2.86. The van der Waals surface area contributed by atoms with Crippen molar-refractivity contribution in [3.63, 3.8) is 0 Å². The van der Waals surface area contributed by atoms with Crippen molar-refractivity contribution in [2.75, 3.05) is 0 Å². The summed E-state index contributed by atoms with van der Waals surface area (Å²) >= 11 is 9.16. The van der Waals surface area contributed by atoms with E-state index in [9.17, 15) is 0 Å². The van der Waals surface area contributed by atoms with Crippen LogP contribution >= 0.6 is 27.5 Å². The molecule has 0 N–H and O–H groups in total. The van der Waals surface area contributed by atoms with Gasteiger partial charge in [-0.25, -0.2) is 4.98 Å². The third kappa shape index (κ3) is 1.14. The molecular weight excluding hydrogens is 227 g/mol. The summed E-state index contributed by atoms with van der Waals surface area (Å²) in [5.74, 6) is 0. The Kier molecular flexibility index (Phi) is 1.62. The van der Waals surface area contributed by atoms with Gasteiger partial charge in [0.15, 0.2) is 0 Å². The minimum absolute atomic E-state index is 0.632. The van der Waals surface area contributed by atoms with Crippen molar-refractivity contribution >= 4 is 33.2 Å². The van der Waals surface area contributed by atoms with Gasteiger partial charge < -0.3 is 0 Å². The Morgan fingerprint density at radius 2 is 2.36 bits per heavy atom. The summed E-state index contributed by atoms with van der Waals surface area (Å²) in [5, 5.41) is 0.632. The lowest BCUT2D eigenvalue weighted by Gasteiger charge is -1.93. The molecular formula is C7H4BrClN2. The van der Waals surface area contributed by atoms with Gasteiger partial charge in [0, 0.05) is 10.7 Å². The van der Waals surface area contributed by atoms with Gasteiger partial charge >= 0.3 is 0 Å². The summed E-state index contributed by atoms with van der Waals surface area (Å²) in [5.41, 5.74) is 0.851. The predicted molar refractivity (Wildman–Crippen MR) is 47.9 cm³/mol. The van der Waals surface area contributed by atoms with E-state index in [-0.39, 0.29) is 0 Å². The first kappa shape index (κ1) is 7.13. The molecule has 0 saturated carbocycles. The number of rotatable bonds is 0. The molecule has 0 saturated heterocycles. The van der Waals surface area contributed by atoms with Crippen LogP contribution < -0.4 is 0 Å². The number of imidazole rings is 1. The molecule has 0 amide bonds. The topological polar surface area (TPSA) is 17.3 Å². The van der Waals surface area contributed by atoms with Crippen LogP contribution in [-0.2, 0) is 0 Å². The normalized spacial score (nSPS) is 10.7. The Morgan fingerprint density at radius 3 is 3.18 bits per heavy atom. The maximum absolute atomic E-state index is 5.81. The maximum Gasteiger partial charge on any atom is 0.138 e. The summed E-state index contributed by atoms with van der Waals surface area (Å²) in [6, 6.07) is 3.83. The highest BCUT2D eigenvalue weighted by Gasteiger charge is 1.98. The van der Waals surface area contributed by atoms with E-state index in [1.165, 1.54) is 0 Å². The SMILES string of the molecule is Clc1cnc2cc(Br)ccn12. The minimum Gasteiger partial charge on any atom is -0.290 e. The number of aromatic nitrogens is 2. The molecule has 0 atom stereocenters. The van der Waals surface area contributed by atoms with Crippen LogP contribution in [-0.4, -0.2) is 9.38 Å². The van der Waals surface area contributed by atoms with Gasteiger partial charge in [0.25, 0.3) is 0 Å². The Morgan fingerprint density at radius 1 is 1.55 bits per heavy atom. The van der Waals surface area contributed by atoms with Gasteiger partial charge in [0.05, 0.1) is 6.20 Å². The zero-order chi connectivity index (χ0) is 7.84. The first-order valence-corrected chi connectivity index (χ1v) is 4.22. The Labute approximate surface area is 76.9 Å². The first-order valence-electron chi connectivity index (χ1n) is 3.05. The van der Waals surface area contributed by atoms with Crippen LogP contribution in [0.2, 0.25) is 5.15 Å². The molecule has 0 aliphatic rings. The highest BCUT2D eigenvalue weighted by Crippen LogP contribution is 2.16. The number of pyridine rings is 1. The van der Waals surface area contributed by atoms with E-state index in [2.05, 4.69) is 20.9 Å². The zero-order valence-electron chi connectivity index (χ0n) is 5.46. The van der Waals surface area contributed by atoms with E-state index in [1.807, 2.05) is 22.7 Å². The highest BCUT2D eigenvalue weighted by atomic mass is 79.9. The molecule has 0 unspecified atom stereocenters. The van der Waals surface area contributed by atoms with Crippen molar-refractivity contribution in [3.8, 4) is 0 Å². The van der Waals surface area contributed by atoms with Crippen LogP contribution in [0.15, 0.2) is 29.0 Å². The van der Waals surface area contributed by atoms with Crippen LogP contribution in [0.3, 0.4) is 0 Å². The molecule has 0 radical (unpaired) electrons. The molecule has 0 aliphatic heterocycles. The van der Waals surface area contributed by atoms with Crippen LogP contribution in [0, 0.1) is 0 Å². The fourth-order valence-electron chi connectivity index (χ4n) is 0.925. The molecule has 4 heteroatoms. The van der Waals surface area contributed by atoms with Crippen LogP contribution in [0.5, 0.6) is 0 Å². The molecule has 2 aromatic heterocycles. The largest absolute Gasteiger partial charge is 0.290 e. The minimum atomic E-state index is 0.632. The van der Waals surface area contributed by atoms with Crippen molar-refractivity contribution in [1.82, 2.24) is 9.38 Å². The van der Waals surface area contributed by atoms with E-state index < -0.39 is 0 Å². The lowest BCUT2D eigenvalue weighted by atomic mass is 10.5. The third-order valence-electron chi connectivity index (χ3n) is 1.43. The summed E-state index contributed by atoms with van der Waals surface area (Å²) in [6.07, 6.45) is 3.50. The van der Waals surface area contributed by atoms with Crippen LogP contribution in [0.25, 0.3) is 5.65 Å². The van der Waals surface area contributed by atoms with Crippen LogP contribution in [0.4, 0.5) is 0 Å². The summed E-state index contributed by atoms with van der Waals surface area (Å²) in [7, 11) is 0. The molecule has 0 aliphatic carbocycles. The lowest BCUT2D eigenvalue weighted by Crippen LogP contribution is -1.81. The second-order valence-electron chi connectivity index (χ2n) is 2.15. The van der Waals surface area contributed by atoms with Crippen molar-refractivity contribution in [1.29, 1.82) is 0 Å². The molecule has 11 heavy (non-hydrogen) atoms. The van der Waals surface area contributed by atoms with Gasteiger partial charge in [0.1, 0.15) is 10.8 Å². The molecule has 56 valence electrons. The van der Waals surface area contributed by atoms with Gasteiger partial charge in [0.2, 0.25) is 0 Å². The smallest absolute Gasteiger partial charge is 0.138 e. The second-order valence-corrected chi connectivity index (χ2v) is 3.46. The quantitative estimate of drug-likeness (QED) is 0.681. The third-order valence-corrected chi connectivity index (χ3v) is 2.20. The number of nitrogens with zero attached hydrogens (tertiary/aromatic N) is 2. The number of hydrogen-bond donors (Lipinski definition) is 0. The monoisotopic (exact) mass is 230 g/mol. The van der Waals surface area contributed by atoms with Gasteiger partial charge in [-0.2, -0.15) is 0 Å². The number of hydrogen-bond acceptors (Lipinski definition) is 1. The summed E-state index contributed by atoms with van der Waals surface area (Å²) < 4.78 is 2.82. The number of halogens is 2. The van der Waals surface area contributed by atoms with E-state index in [0.29, 0.717) is 5.15 Å². The van der Waals surface area contributed by atoms with E-state index >= 15 is 0 Å². The van der Waals surface area contributed by atoms with E-state index in [4.69, 9.17) is 11.6 Å². The van der Waals surface area contributed by atoms with E-state index in [1.54, 1.807) is 6.20 Å². The van der Waals surface area contributed by atoms with Crippen molar-refractivity contribution in [3.05, 3.63) is 34.2 Å². The summed E-state index contributed by atoms with van der Waals surface area (Å²) in [6.45, 7) is 0. The second kappa shape index (κ2) is 2.50. The van der Waals surface area contributed by atoms with Crippen molar-refractivity contribution in [2.45, 2.75) is 0 Å². The van der Waals surface area contributed by atoms with Crippen molar-refractivity contribution in [2.24, 2.45) is 0 Å². The van der Waals surface area contributed by atoms with E-state index in [0.717, 1.165) is 10.1 Å². The van der Waals surface area contributed by atoms with Crippen molar-refractivity contribution < 1.29 is 0 Å². The van der Waals surface area contributed by atoms with Gasteiger partial charge in [-0.1, -0.05) is 27.5 Å². The molecule has 0 fully saturated rings. The fourth-order valence-corrected chi connectivity index (χ4v) is 1.44. The average Bonchev–Trinajstić information content (AvgIpc) is 2.32. The van der Waals surface area contributed by atoms with Gasteiger partial charge in [-0.3, -0.25) is 4.40 Å². The average molecular weight is 231 g/mol. The zero-order valence-corrected chi connectivity index (χ0v) is 7.80. The van der Waals surface area contributed by atoms with Crippen LogP contribution in [0.1, 0.15) is 0 Å². The molecule has 2 heterocycles. The Hall–Kier alpha value is -0.540. The Bertz CT molecular complexity index is 396. The molecule has 0 bridgehead atoms. The fraction of sp³-hybridized carbons (Fsp3) is 0. The standard InChI is InChI=1S/C7H4BrClN2/c8-5-1-2-11-6(9)4-10-7(11)3-5/h1-4H. The number of fused-ring (bicyclic) bond motifs is 1. The van der Waals surface area contributed by atoms with Gasteiger partial charge in [-0.05, 0) is 12.1 Å². The van der Waals surface area contributed by atoms with Gasteiger partial charge in [-0.15, -0.1) is 0 Å². The molecule has 2 rings (SSSR count). The predicted octanol–water partition coefficient (Wildman–Crippen LogP) is 2.75. The highest BCUT2D eigenvalue weighted by molar-refractivity contribution is 9.10.